The molecule has 0 aromatic heterocycles. The van der Waals surface area contributed by atoms with Crippen LogP contribution in [0.2, 0.25) is 0 Å². The predicted octanol–water partition coefficient (Wildman–Crippen LogP) is 2.38. The van der Waals surface area contributed by atoms with Crippen molar-refractivity contribution in [3.05, 3.63) is 0 Å². The third kappa shape index (κ3) is 7.97. The molecule has 0 bridgehead atoms. The van der Waals surface area contributed by atoms with E-state index in [9.17, 15) is 9.59 Å². The Labute approximate surface area is 90.3 Å². The molecular formula is C11H20O4. The summed E-state index contributed by atoms with van der Waals surface area (Å²) < 4.78 is 0. The molecule has 88 valence electrons. The molecule has 0 radical (unpaired) electrons. The molecule has 0 aliphatic heterocycles. The van der Waals surface area contributed by atoms with E-state index in [1.165, 1.54) is 0 Å². The fraction of sp³-hybridized carbons (Fsp3) is 0.818. The van der Waals surface area contributed by atoms with Gasteiger partial charge in [0.05, 0.1) is 6.42 Å². The first-order chi connectivity index (χ1) is 6.73. The molecule has 0 aliphatic rings. The second-order valence-corrected chi connectivity index (χ2v) is 4.98. The highest BCUT2D eigenvalue weighted by molar-refractivity contribution is 5.67. The van der Waals surface area contributed by atoms with Gasteiger partial charge in [-0.1, -0.05) is 20.8 Å². The van der Waals surface area contributed by atoms with Crippen LogP contribution in [-0.4, -0.2) is 22.2 Å². The third-order valence-electron chi connectivity index (χ3n) is 2.38. The first-order valence-corrected chi connectivity index (χ1v) is 5.16. The van der Waals surface area contributed by atoms with E-state index in [1.807, 2.05) is 20.8 Å². The number of carboxylic acids is 2. The van der Waals surface area contributed by atoms with Crippen LogP contribution < -0.4 is 0 Å². The number of carbonyl (C=O) groups is 2. The molecule has 0 aromatic rings. The highest BCUT2D eigenvalue weighted by Gasteiger charge is 2.24. The molecule has 0 heterocycles. The SMILES string of the molecule is CC(CCC(=O)O)CC(C)(C)CC(=O)O. The first kappa shape index (κ1) is 13.9. The van der Waals surface area contributed by atoms with Crippen LogP contribution in [0.4, 0.5) is 0 Å². The first-order valence-electron chi connectivity index (χ1n) is 5.16. The molecule has 1 atom stereocenters. The lowest BCUT2D eigenvalue weighted by Gasteiger charge is -2.26. The molecule has 0 rings (SSSR count). The van der Waals surface area contributed by atoms with Gasteiger partial charge >= 0.3 is 11.9 Å². The van der Waals surface area contributed by atoms with Crippen LogP contribution in [-0.2, 0) is 9.59 Å². The molecule has 4 nitrogen and oxygen atoms in total. The average molecular weight is 216 g/mol. The Bertz CT molecular complexity index is 233. The lowest BCUT2D eigenvalue weighted by molar-refractivity contribution is -0.140. The zero-order chi connectivity index (χ0) is 12.1. The van der Waals surface area contributed by atoms with Gasteiger partial charge < -0.3 is 10.2 Å². The Morgan fingerprint density at radius 1 is 1.20 bits per heavy atom. The van der Waals surface area contributed by atoms with Crippen molar-refractivity contribution in [2.75, 3.05) is 0 Å². The summed E-state index contributed by atoms with van der Waals surface area (Å²) >= 11 is 0. The van der Waals surface area contributed by atoms with E-state index in [1.54, 1.807) is 0 Å². The lowest BCUT2D eigenvalue weighted by atomic mass is 9.79. The third-order valence-corrected chi connectivity index (χ3v) is 2.38. The Kier molecular flexibility index (Phi) is 5.33. The van der Waals surface area contributed by atoms with Gasteiger partial charge in [0.1, 0.15) is 0 Å². The smallest absolute Gasteiger partial charge is 0.303 e. The summed E-state index contributed by atoms with van der Waals surface area (Å²) in [5.74, 6) is -1.35. The number of hydrogen-bond donors (Lipinski definition) is 2. The van der Waals surface area contributed by atoms with E-state index >= 15 is 0 Å². The van der Waals surface area contributed by atoms with Gasteiger partial charge in [-0.3, -0.25) is 9.59 Å². The average Bonchev–Trinajstić information content (AvgIpc) is 1.96. The number of hydrogen-bond acceptors (Lipinski definition) is 2. The van der Waals surface area contributed by atoms with Gasteiger partial charge in [-0.2, -0.15) is 0 Å². The van der Waals surface area contributed by atoms with Crippen molar-refractivity contribution in [3.8, 4) is 0 Å². The Morgan fingerprint density at radius 3 is 2.13 bits per heavy atom. The van der Waals surface area contributed by atoms with Crippen LogP contribution in [0.1, 0.15) is 46.5 Å². The second kappa shape index (κ2) is 5.73. The number of carboxylic acid groups (broad SMARTS) is 2. The van der Waals surface area contributed by atoms with Crippen LogP contribution >= 0.6 is 0 Å². The quantitative estimate of drug-likeness (QED) is 0.685. The highest BCUT2D eigenvalue weighted by atomic mass is 16.4. The maximum atomic E-state index is 10.6. The maximum absolute atomic E-state index is 10.6. The Balaban J connectivity index is 3.97. The van der Waals surface area contributed by atoms with Crippen LogP contribution in [0, 0.1) is 11.3 Å². The standard InChI is InChI=1S/C11H20O4/c1-8(4-5-9(12)13)6-11(2,3)7-10(14)15/h8H,4-7H2,1-3H3,(H,12,13)(H,14,15). The van der Waals surface area contributed by atoms with E-state index in [4.69, 9.17) is 10.2 Å². The molecule has 0 aliphatic carbocycles. The minimum Gasteiger partial charge on any atom is -0.481 e. The molecule has 4 heteroatoms. The molecule has 0 aromatic carbocycles. The minimum absolute atomic E-state index is 0.129. The number of aliphatic carboxylic acids is 2. The minimum atomic E-state index is -0.801. The van der Waals surface area contributed by atoms with Crippen molar-refractivity contribution in [3.63, 3.8) is 0 Å². The maximum Gasteiger partial charge on any atom is 0.303 e. The Morgan fingerprint density at radius 2 is 1.73 bits per heavy atom. The fourth-order valence-corrected chi connectivity index (χ4v) is 1.90. The summed E-state index contributed by atoms with van der Waals surface area (Å²) in [6, 6.07) is 0. The lowest BCUT2D eigenvalue weighted by Crippen LogP contribution is -2.20. The van der Waals surface area contributed by atoms with Crippen molar-refractivity contribution < 1.29 is 19.8 Å². The van der Waals surface area contributed by atoms with Gasteiger partial charge in [0.25, 0.3) is 0 Å². The van der Waals surface area contributed by atoms with E-state index in [2.05, 4.69) is 0 Å². The van der Waals surface area contributed by atoms with Crippen LogP contribution in [0.15, 0.2) is 0 Å². The molecule has 1 unspecified atom stereocenters. The highest BCUT2D eigenvalue weighted by Crippen LogP contribution is 2.30. The molecule has 2 N–H and O–H groups in total. The van der Waals surface area contributed by atoms with Crippen molar-refractivity contribution in [2.45, 2.75) is 46.5 Å². The molecule has 0 saturated carbocycles. The van der Waals surface area contributed by atoms with E-state index in [0.29, 0.717) is 6.42 Å². The summed E-state index contributed by atoms with van der Waals surface area (Å²) in [6.07, 6.45) is 1.64. The van der Waals surface area contributed by atoms with E-state index in [-0.39, 0.29) is 24.2 Å². The molecular weight excluding hydrogens is 196 g/mol. The van der Waals surface area contributed by atoms with Gasteiger partial charge in [0.2, 0.25) is 0 Å². The van der Waals surface area contributed by atoms with Gasteiger partial charge in [0.15, 0.2) is 0 Å². The summed E-state index contributed by atoms with van der Waals surface area (Å²) in [5, 5.41) is 17.2. The van der Waals surface area contributed by atoms with Gasteiger partial charge in [-0.15, -0.1) is 0 Å². The summed E-state index contributed by atoms with van der Waals surface area (Å²) in [6.45, 7) is 5.77. The van der Waals surface area contributed by atoms with Crippen LogP contribution in [0.25, 0.3) is 0 Å². The van der Waals surface area contributed by atoms with Gasteiger partial charge in [-0.05, 0) is 24.2 Å². The molecule has 0 spiro atoms. The largest absolute Gasteiger partial charge is 0.481 e. The van der Waals surface area contributed by atoms with E-state index in [0.717, 1.165) is 6.42 Å². The van der Waals surface area contributed by atoms with Gasteiger partial charge in [-0.25, -0.2) is 0 Å². The molecule has 0 fully saturated rings. The van der Waals surface area contributed by atoms with Gasteiger partial charge in [0, 0.05) is 6.42 Å². The predicted molar refractivity (Wildman–Crippen MR) is 56.7 cm³/mol. The Hall–Kier alpha value is -1.06. The van der Waals surface area contributed by atoms with Crippen molar-refractivity contribution in [1.29, 1.82) is 0 Å². The van der Waals surface area contributed by atoms with Crippen molar-refractivity contribution in [1.82, 2.24) is 0 Å². The molecule has 0 amide bonds. The summed E-state index contributed by atoms with van der Waals surface area (Å²) in [7, 11) is 0. The fourth-order valence-electron chi connectivity index (χ4n) is 1.90. The monoisotopic (exact) mass is 216 g/mol. The van der Waals surface area contributed by atoms with Crippen LogP contribution in [0.3, 0.4) is 0 Å². The summed E-state index contributed by atoms with van der Waals surface area (Å²) in [5.41, 5.74) is -0.260. The topological polar surface area (TPSA) is 74.6 Å². The number of rotatable bonds is 7. The van der Waals surface area contributed by atoms with E-state index < -0.39 is 11.9 Å². The zero-order valence-electron chi connectivity index (χ0n) is 9.62. The normalized spacial score (nSPS) is 13.5. The second-order valence-electron chi connectivity index (χ2n) is 4.98. The van der Waals surface area contributed by atoms with Crippen molar-refractivity contribution in [2.24, 2.45) is 11.3 Å². The summed E-state index contributed by atoms with van der Waals surface area (Å²) in [4.78, 5) is 20.9. The zero-order valence-corrected chi connectivity index (χ0v) is 9.62. The van der Waals surface area contributed by atoms with Crippen molar-refractivity contribution >= 4 is 11.9 Å². The van der Waals surface area contributed by atoms with Crippen LogP contribution in [0.5, 0.6) is 0 Å². The molecule has 0 saturated heterocycles. The molecule has 15 heavy (non-hydrogen) atoms.